The molecule has 0 aromatic heterocycles. The first-order chi connectivity index (χ1) is 34.3. The number of carbonyl (C=O) groups is 4. The van der Waals surface area contributed by atoms with Gasteiger partial charge in [0.2, 0.25) is 11.6 Å². The minimum atomic E-state index is -4.46. The molecule has 0 atom stereocenters. The van der Waals surface area contributed by atoms with Gasteiger partial charge in [-0.25, -0.2) is 0 Å². The number of benzene rings is 3. The van der Waals surface area contributed by atoms with Gasteiger partial charge in [0.1, 0.15) is 18.1 Å². The van der Waals surface area contributed by atoms with Crippen molar-refractivity contribution in [3.05, 3.63) is 124 Å². The highest BCUT2D eigenvalue weighted by atomic mass is 32.2. The maximum Gasteiger partial charge on any atom is 0.305 e. The van der Waals surface area contributed by atoms with Crippen molar-refractivity contribution in [2.45, 2.75) is 140 Å². The SMILES string of the molecule is COC(=O)CCCCCN1/C(=C/C=C2\CCCC(/C=C/C3=[N+](CCCCCC(=O)OC)c4ccc(C)cc4C3(C)C)=C2Oc2ccc(NC(=O)CCCC(=O)OC)cc2)C(C)(C)c2cc(S(=O)(=O)O)ccc21. The minimum absolute atomic E-state index is 0.158. The topological polar surface area (TPSA) is 178 Å². The summed E-state index contributed by atoms with van der Waals surface area (Å²) in [5, 5.41) is 2.91. The van der Waals surface area contributed by atoms with Crippen molar-refractivity contribution in [1.29, 1.82) is 0 Å². The van der Waals surface area contributed by atoms with Gasteiger partial charge in [0.15, 0.2) is 5.71 Å². The Labute approximate surface area is 425 Å². The lowest BCUT2D eigenvalue weighted by atomic mass is 9.80. The Morgan fingerprint density at radius 1 is 0.722 bits per heavy atom. The van der Waals surface area contributed by atoms with Gasteiger partial charge in [0.05, 0.1) is 31.6 Å². The number of amides is 1. The van der Waals surface area contributed by atoms with Crippen LogP contribution in [0.1, 0.15) is 134 Å². The Morgan fingerprint density at radius 3 is 2.03 bits per heavy atom. The molecule has 14 nitrogen and oxygen atoms in total. The van der Waals surface area contributed by atoms with Gasteiger partial charge in [-0.15, -0.1) is 0 Å². The molecule has 2 aliphatic heterocycles. The molecule has 2 N–H and O–H groups in total. The molecule has 2 heterocycles. The number of hydrogen-bond acceptors (Lipinski definition) is 11. The van der Waals surface area contributed by atoms with Gasteiger partial charge in [-0.1, -0.05) is 38.0 Å². The van der Waals surface area contributed by atoms with Gasteiger partial charge in [-0.2, -0.15) is 13.0 Å². The van der Waals surface area contributed by atoms with Crippen LogP contribution in [0.2, 0.25) is 0 Å². The van der Waals surface area contributed by atoms with Crippen LogP contribution in [0.3, 0.4) is 0 Å². The minimum Gasteiger partial charge on any atom is -0.469 e. The maximum atomic E-state index is 12.7. The van der Waals surface area contributed by atoms with Crippen molar-refractivity contribution < 1.29 is 55.7 Å². The van der Waals surface area contributed by atoms with Crippen molar-refractivity contribution in [2.24, 2.45) is 0 Å². The summed E-state index contributed by atoms with van der Waals surface area (Å²) in [5.74, 6) is 0.264. The molecule has 3 aromatic rings. The zero-order chi connectivity index (χ0) is 52.2. The van der Waals surface area contributed by atoms with Crippen LogP contribution in [0.4, 0.5) is 17.1 Å². The fraction of sp³-hybridized carbons (Fsp3) is 0.456. The Hall–Kier alpha value is -6.32. The molecule has 0 saturated carbocycles. The van der Waals surface area contributed by atoms with Gasteiger partial charge in [-0.3, -0.25) is 23.7 Å². The monoisotopic (exact) mass is 1010 g/mol. The van der Waals surface area contributed by atoms with Gasteiger partial charge in [0.25, 0.3) is 10.1 Å². The van der Waals surface area contributed by atoms with Crippen LogP contribution in [-0.2, 0) is 54.3 Å². The molecule has 1 aliphatic carbocycles. The zero-order valence-corrected chi connectivity index (χ0v) is 44.0. The predicted molar refractivity (Wildman–Crippen MR) is 279 cm³/mol. The highest BCUT2D eigenvalue weighted by molar-refractivity contribution is 7.85. The van der Waals surface area contributed by atoms with E-state index in [1.165, 1.54) is 44.2 Å². The first-order valence-electron chi connectivity index (χ1n) is 25.0. The summed E-state index contributed by atoms with van der Waals surface area (Å²) in [6, 6.07) is 18.6. The summed E-state index contributed by atoms with van der Waals surface area (Å²) in [4.78, 5) is 50.1. The van der Waals surface area contributed by atoms with E-state index in [1.807, 2.05) is 26.0 Å². The van der Waals surface area contributed by atoms with E-state index < -0.39 is 15.5 Å². The van der Waals surface area contributed by atoms with E-state index >= 15 is 0 Å². The summed E-state index contributed by atoms with van der Waals surface area (Å²) in [5.41, 5.74) is 8.93. The number of nitrogens with one attached hydrogen (secondary N) is 1. The summed E-state index contributed by atoms with van der Waals surface area (Å²) < 4.78 is 58.6. The number of unbranched alkanes of at least 4 members (excludes halogenated alkanes) is 4. The summed E-state index contributed by atoms with van der Waals surface area (Å²) >= 11 is 0. The van der Waals surface area contributed by atoms with Crippen LogP contribution in [0, 0.1) is 6.92 Å². The number of ether oxygens (including phenoxy) is 4. The molecular formula is C57H72N3O11S+. The molecule has 3 aliphatic rings. The molecule has 72 heavy (non-hydrogen) atoms. The molecule has 15 heteroatoms. The third-order valence-corrected chi connectivity index (χ3v) is 14.8. The van der Waals surface area contributed by atoms with Crippen LogP contribution in [0.5, 0.6) is 5.75 Å². The molecule has 0 bridgehead atoms. The largest absolute Gasteiger partial charge is 0.469 e. The highest BCUT2D eigenvalue weighted by Crippen LogP contribution is 2.49. The number of hydrogen-bond donors (Lipinski definition) is 2. The van der Waals surface area contributed by atoms with E-state index in [9.17, 15) is 32.1 Å². The van der Waals surface area contributed by atoms with Crippen molar-refractivity contribution in [2.75, 3.05) is 44.6 Å². The summed E-state index contributed by atoms with van der Waals surface area (Å²) in [7, 11) is -0.334. The molecule has 386 valence electrons. The second kappa shape index (κ2) is 24.4. The lowest BCUT2D eigenvalue weighted by molar-refractivity contribution is -0.438. The average Bonchev–Trinajstić information content (AvgIpc) is 3.69. The second-order valence-electron chi connectivity index (χ2n) is 19.8. The van der Waals surface area contributed by atoms with Gasteiger partial charge in [0, 0.05) is 78.8 Å². The van der Waals surface area contributed by atoms with Crippen molar-refractivity contribution in [3.8, 4) is 5.75 Å². The first-order valence-corrected chi connectivity index (χ1v) is 26.5. The quantitative estimate of drug-likeness (QED) is 0.0302. The molecule has 3 aromatic carbocycles. The van der Waals surface area contributed by atoms with Crippen LogP contribution >= 0.6 is 0 Å². The van der Waals surface area contributed by atoms with Crippen LogP contribution in [0.15, 0.2) is 112 Å². The van der Waals surface area contributed by atoms with Gasteiger partial charge >= 0.3 is 17.9 Å². The number of aryl methyl sites for hydroxylation is 1. The third-order valence-electron chi connectivity index (χ3n) is 13.9. The van der Waals surface area contributed by atoms with Crippen molar-refractivity contribution in [1.82, 2.24) is 0 Å². The van der Waals surface area contributed by atoms with E-state index in [-0.39, 0.29) is 47.0 Å². The molecule has 0 radical (unpaired) electrons. The standard InChI is InChI=1S/C57H71N3O11S/c1-39-23-31-47-45(37-39)56(2,3)49(59(47)35-13-9-11-20-52(62)68-6)33-24-40-17-15-18-41(55(40)71-43-28-26-42(27-29-43)58-51(61)19-16-22-54(64)70-8)25-34-50-57(4,5)46-38-44(72(65,66)67)30-32-48(46)60(50)36-14-10-12-21-53(63)69-7/h23-34,37-38H,9-22,35-36H2,1-8H3,(H-,58,61,65,66,67)/p+1. The van der Waals surface area contributed by atoms with E-state index in [0.29, 0.717) is 55.8 Å². The molecule has 0 unspecified atom stereocenters. The van der Waals surface area contributed by atoms with Gasteiger partial charge < -0.3 is 29.2 Å². The number of anilines is 2. The number of carbonyl (C=O) groups excluding carboxylic acids is 4. The predicted octanol–water partition coefficient (Wildman–Crippen LogP) is 11.0. The van der Waals surface area contributed by atoms with Crippen LogP contribution < -0.4 is 15.0 Å². The number of rotatable bonds is 23. The smallest absolute Gasteiger partial charge is 0.305 e. The average molecular weight is 1010 g/mol. The maximum absolute atomic E-state index is 12.7. The lowest BCUT2D eigenvalue weighted by Crippen LogP contribution is -2.28. The van der Waals surface area contributed by atoms with Crippen molar-refractivity contribution in [3.63, 3.8) is 0 Å². The van der Waals surface area contributed by atoms with E-state index in [0.717, 1.165) is 85.3 Å². The first kappa shape index (κ1) is 55.0. The molecule has 0 saturated heterocycles. The Bertz CT molecular complexity index is 2780. The number of allylic oxidation sites excluding steroid dienone is 7. The normalized spacial score (nSPS) is 17.1. The van der Waals surface area contributed by atoms with E-state index in [2.05, 4.69) is 78.1 Å². The number of nitrogens with zero attached hydrogens (tertiary/aromatic N) is 2. The number of fused-ring (bicyclic) bond motifs is 2. The van der Waals surface area contributed by atoms with Gasteiger partial charge in [-0.05, 0) is 150 Å². The Balaban J connectivity index is 1.40. The van der Waals surface area contributed by atoms with Crippen LogP contribution in [-0.4, -0.2) is 81.5 Å². The number of esters is 3. The Kier molecular flexibility index (Phi) is 18.6. The fourth-order valence-corrected chi connectivity index (χ4v) is 10.4. The summed E-state index contributed by atoms with van der Waals surface area (Å²) in [6.45, 7) is 12.1. The number of methoxy groups -OCH3 is 3. The van der Waals surface area contributed by atoms with Crippen LogP contribution in [0.25, 0.3) is 0 Å². The Morgan fingerprint density at radius 2 is 1.38 bits per heavy atom. The molecule has 6 rings (SSSR count). The zero-order valence-electron chi connectivity index (χ0n) is 43.2. The molecular weight excluding hydrogens is 935 g/mol. The lowest BCUT2D eigenvalue weighted by Gasteiger charge is -2.27. The molecule has 0 spiro atoms. The van der Waals surface area contributed by atoms with Crippen molar-refractivity contribution >= 4 is 56.7 Å². The molecule has 0 fully saturated rings. The molecule has 1 amide bonds. The highest BCUT2D eigenvalue weighted by Gasteiger charge is 2.44. The van der Waals surface area contributed by atoms with E-state index in [4.69, 9.17) is 18.9 Å². The van der Waals surface area contributed by atoms with E-state index in [1.54, 1.807) is 24.3 Å². The second-order valence-corrected chi connectivity index (χ2v) is 21.2. The third kappa shape index (κ3) is 13.6. The fourth-order valence-electron chi connectivity index (χ4n) is 9.88. The summed E-state index contributed by atoms with van der Waals surface area (Å²) in [6.07, 6.45) is 17.1.